The second-order valence-corrected chi connectivity index (χ2v) is 5.48. The third kappa shape index (κ3) is 1.59. The van der Waals surface area contributed by atoms with Gasteiger partial charge in [-0.25, -0.2) is 0 Å². The summed E-state index contributed by atoms with van der Waals surface area (Å²) in [6.07, 6.45) is 4.98. The number of hydrogen-bond acceptors (Lipinski definition) is 3. The number of nitrogens with one attached hydrogen (secondary N) is 1. The zero-order valence-corrected chi connectivity index (χ0v) is 9.47. The van der Waals surface area contributed by atoms with E-state index in [2.05, 4.69) is 24.3 Å². The van der Waals surface area contributed by atoms with Gasteiger partial charge in [0.2, 0.25) is 0 Å². The van der Waals surface area contributed by atoms with E-state index >= 15 is 0 Å². The summed E-state index contributed by atoms with van der Waals surface area (Å²) in [5.74, 6) is 1.12. The van der Waals surface area contributed by atoms with E-state index in [1.165, 1.54) is 24.8 Å². The Hall–Kier alpha value is -0.830. The van der Waals surface area contributed by atoms with Gasteiger partial charge in [0, 0.05) is 23.6 Å². The predicted molar refractivity (Wildman–Crippen MR) is 57.7 cm³/mol. The standard InChI is InChI=1S/C12H18N2O/c1-12(2)6-5-9-10(14-15-11(9)12)7-13-8-3-4-8/h8,13H,3-7H2,1-2H3. The lowest BCUT2D eigenvalue weighted by atomic mass is 9.92. The minimum atomic E-state index is 0.195. The number of hydrogen-bond donors (Lipinski definition) is 1. The highest BCUT2D eigenvalue weighted by Gasteiger charge is 2.36. The van der Waals surface area contributed by atoms with Crippen molar-refractivity contribution >= 4 is 0 Å². The zero-order valence-electron chi connectivity index (χ0n) is 9.47. The fourth-order valence-electron chi connectivity index (χ4n) is 2.35. The molecule has 1 fully saturated rings. The fourth-order valence-corrected chi connectivity index (χ4v) is 2.35. The second-order valence-electron chi connectivity index (χ2n) is 5.48. The van der Waals surface area contributed by atoms with Gasteiger partial charge in [0.05, 0.1) is 0 Å². The van der Waals surface area contributed by atoms with Gasteiger partial charge in [0.15, 0.2) is 0 Å². The van der Waals surface area contributed by atoms with Crippen molar-refractivity contribution in [2.75, 3.05) is 0 Å². The van der Waals surface area contributed by atoms with Gasteiger partial charge in [-0.2, -0.15) is 0 Å². The van der Waals surface area contributed by atoms with Crippen molar-refractivity contribution in [3.63, 3.8) is 0 Å². The van der Waals surface area contributed by atoms with Crippen LogP contribution in [0.15, 0.2) is 4.52 Å². The summed E-state index contributed by atoms with van der Waals surface area (Å²) in [6.45, 7) is 5.36. The molecule has 3 nitrogen and oxygen atoms in total. The van der Waals surface area contributed by atoms with Crippen LogP contribution in [0.3, 0.4) is 0 Å². The van der Waals surface area contributed by atoms with Crippen molar-refractivity contribution in [1.82, 2.24) is 10.5 Å². The van der Waals surface area contributed by atoms with E-state index in [4.69, 9.17) is 4.52 Å². The summed E-state index contributed by atoms with van der Waals surface area (Å²) in [5.41, 5.74) is 2.70. The molecule has 2 aliphatic carbocycles. The van der Waals surface area contributed by atoms with E-state index in [9.17, 15) is 0 Å². The van der Waals surface area contributed by atoms with Crippen LogP contribution in [0.1, 0.15) is 50.1 Å². The molecule has 2 aliphatic rings. The summed E-state index contributed by atoms with van der Waals surface area (Å²) in [5, 5.41) is 7.69. The summed E-state index contributed by atoms with van der Waals surface area (Å²) < 4.78 is 5.49. The third-order valence-corrected chi connectivity index (χ3v) is 3.62. The molecular formula is C12H18N2O. The predicted octanol–water partition coefficient (Wildman–Crippen LogP) is 2.15. The van der Waals surface area contributed by atoms with Crippen LogP contribution in [0, 0.1) is 0 Å². The van der Waals surface area contributed by atoms with Gasteiger partial charge in [0.1, 0.15) is 11.5 Å². The Morgan fingerprint density at radius 3 is 3.00 bits per heavy atom. The SMILES string of the molecule is CC1(C)CCc2c(CNC3CC3)noc21. The lowest BCUT2D eigenvalue weighted by Gasteiger charge is -2.13. The largest absolute Gasteiger partial charge is 0.360 e. The summed E-state index contributed by atoms with van der Waals surface area (Å²) in [7, 11) is 0. The van der Waals surface area contributed by atoms with Gasteiger partial charge in [0.25, 0.3) is 0 Å². The highest BCUT2D eigenvalue weighted by molar-refractivity contribution is 5.33. The molecule has 1 aromatic heterocycles. The minimum Gasteiger partial charge on any atom is -0.360 e. The van der Waals surface area contributed by atoms with E-state index in [-0.39, 0.29) is 5.41 Å². The van der Waals surface area contributed by atoms with Crippen LogP contribution in [0.4, 0.5) is 0 Å². The molecular weight excluding hydrogens is 188 g/mol. The molecule has 1 N–H and O–H groups in total. The average molecular weight is 206 g/mol. The van der Waals surface area contributed by atoms with Crippen LogP contribution in [0.25, 0.3) is 0 Å². The Morgan fingerprint density at radius 2 is 2.27 bits per heavy atom. The molecule has 1 heterocycles. The van der Waals surface area contributed by atoms with Crippen LogP contribution in [-0.2, 0) is 18.4 Å². The van der Waals surface area contributed by atoms with Crippen molar-refractivity contribution in [3.8, 4) is 0 Å². The Kier molecular flexibility index (Phi) is 1.93. The van der Waals surface area contributed by atoms with Crippen molar-refractivity contribution in [2.45, 2.75) is 57.5 Å². The van der Waals surface area contributed by atoms with E-state index in [1.54, 1.807) is 0 Å². The molecule has 0 saturated heterocycles. The summed E-state index contributed by atoms with van der Waals surface area (Å²) in [6, 6.07) is 0.742. The quantitative estimate of drug-likeness (QED) is 0.823. The van der Waals surface area contributed by atoms with Gasteiger partial charge in [-0.3, -0.25) is 0 Å². The van der Waals surface area contributed by atoms with Crippen molar-refractivity contribution in [1.29, 1.82) is 0 Å². The third-order valence-electron chi connectivity index (χ3n) is 3.62. The maximum atomic E-state index is 5.49. The molecule has 3 heteroatoms. The number of fused-ring (bicyclic) bond motifs is 1. The van der Waals surface area contributed by atoms with E-state index in [0.29, 0.717) is 0 Å². The average Bonchev–Trinajstić information content (AvgIpc) is 2.84. The molecule has 1 saturated carbocycles. The van der Waals surface area contributed by atoms with Gasteiger partial charge >= 0.3 is 0 Å². The molecule has 15 heavy (non-hydrogen) atoms. The van der Waals surface area contributed by atoms with Crippen LogP contribution in [0.5, 0.6) is 0 Å². The van der Waals surface area contributed by atoms with Crippen LogP contribution in [-0.4, -0.2) is 11.2 Å². The molecule has 0 spiro atoms. The Balaban J connectivity index is 1.79. The van der Waals surface area contributed by atoms with Crippen LogP contribution in [0.2, 0.25) is 0 Å². The smallest absolute Gasteiger partial charge is 0.145 e. The summed E-state index contributed by atoms with van der Waals surface area (Å²) in [4.78, 5) is 0. The van der Waals surface area contributed by atoms with Crippen LogP contribution >= 0.6 is 0 Å². The van der Waals surface area contributed by atoms with Crippen molar-refractivity contribution in [2.24, 2.45) is 0 Å². The van der Waals surface area contributed by atoms with Gasteiger partial charge < -0.3 is 9.84 Å². The van der Waals surface area contributed by atoms with Gasteiger partial charge in [-0.05, 0) is 25.7 Å². The Labute approximate surface area is 90.2 Å². The Morgan fingerprint density at radius 1 is 1.47 bits per heavy atom. The van der Waals surface area contributed by atoms with Crippen molar-refractivity contribution < 1.29 is 4.52 Å². The van der Waals surface area contributed by atoms with Crippen molar-refractivity contribution in [3.05, 3.63) is 17.0 Å². The van der Waals surface area contributed by atoms with E-state index in [0.717, 1.165) is 30.5 Å². The highest BCUT2D eigenvalue weighted by Crippen LogP contribution is 2.39. The maximum Gasteiger partial charge on any atom is 0.145 e. The van der Waals surface area contributed by atoms with Crippen LogP contribution < -0.4 is 5.32 Å². The van der Waals surface area contributed by atoms with Gasteiger partial charge in [-0.15, -0.1) is 0 Å². The normalized spacial score (nSPS) is 23.1. The maximum absolute atomic E-state index is 5.49. The molecule has 0 amide bonds. The second kappa shape index (κ2) is 3.08. The zero-order chi connectivity index (χ0) is 10.5. The van der Waals surface area contributed by atoms with E-state index in [1.807, 2.05) is 0 Å². The first-order valence-corrected chi connectivity index (χ1v) is 5.88. The molecule has 0 unspecified atom stereocenters. The number of nitrogens with zero attached hydrogens (tertiary/aromatic N) is 1. The summed E-state index contributed by atoms with van der Waals surface area (Å²) >= 11 is 0. The molecule has 0 atom stereocenters. The first-order chi connectivity index (χ1) is 7.17. The molecule has 1 aromatic rings. The molecule has 0 aromatic carbocycles. The monoisotopic (exact) mass is 206 g/mol. The molecule has 0 bridgehead atoms. The first-order valence-electron chi connectivity index (χ1n) is 5.88. The van der Waals surface area contributed by atoms with E-state index < -0.39 is 0 Å². The topological polar surface area (TPSA) is 38.1 Å². The number of rotatable bonds is 3. The molecule has 0 radical (unpaired) electrons. The first kappa shape index (κ1) is 9.40. The fraction of sp³-hybridized carbons (Fsp3) is 0.750. The number of aromatic nitrogens is 1. The Bertz CT molecular complexity index is 377. The molecule has 82 valence electrons. The molecule has 0 aliphatic heterocycles. The van der Waals surface area contributed by atoms with Gasteiger partial charge in [-0.1, -0.05) is 19.0 Å². The lowest BCUT2D eigenvalue weighted by Crippen LogP contribution is -2.16. The molecule has 3 rings (SSSR count). The highest BCUT2D eigenvalue weighted by atomic mass is 16.5. The lowest BCUT2D eigenvalue weighted by molar-refractivity contribution is 0.315. The minimum absolute atomic E-state index is 0.195.